The summed E-state index contributed by atoms with van der Waals surface area (Å²) in [5, 5.41) is 19.4. The highest BCUT2D eigenvalue weighted by atomic mass is 16.4. The molecule has 144 valence electrons. The van der Waals surface area contributed by atoms with Crippen molar-refractivity contribution in [1.29, 1.82) is 5.41 Å². The van der Waals surface area contributed by atoms with Gasteiger partial charge in [-0.15, -0.1) is 0 Å². The SMILES string of the molecule is CNC1=C(c2ccc(CCC(=O)O)cc2)C(=O)N(c2ccc(C(=N)N)cc2)C1. The number of carbonyl (C=O) groups is 2. The maximum Gasteiger partial charge on any atom is 0.303 e. The third kappa shape index (κ3) is 3.88. The van der Waals surface area contributed by atoms with E-state index in [1.807, 2.05) is 24.3 Å². The molecule has 0 aliphatic carbocycles. The molecule has 7 heteroatoms. The molecule has 0 fully saturated rings. The molecule has 0 spiro atoms. The summed E-state index contributed by atoms with van der Waals surface area (Å²) in [5.74, 6) is -0.961. The molecule has 2 aromatic carbocycles. The van der Waals surface area contributed by atoms with E-state index >= 15 is 0 Å². The van der Waals surface area contributed by atoms with Crippen molar-refractivity contribution in [3.63, 3.8) is 0 Å². The van der Waals surface area contributed by atoms with Crippen LogP contribution in [0.2, 0.25) is 0 Å². The van der Waals surface area contributed by atoms with Crippen molar-refractivity contribution in [2.75, 3.05) is 18.5 Å². The van der Waals surface area contributed by atoms with Gasteiger partial charge in [0.15, 0.2) is 0 Å². The van der Waals surface area contributed by atoms with Crippen LogP contribution in [-0.4, -0.2) is 36.4 Å². The number of hydrogen-bond acceptors (Lipinski definition) is 4. The Morgan fingerprint density at radius 3 is 2.36 bits per heavy atom. The molecule has 0 atom stereocenters. The Morgan fingerprint density at radius 2 is 1.82 bits per heavy atom. The first-order valence-electron chi connectivity index (χ1n) is 8.89. The van der Waals surface area contributed by atoms with E-state index in [2.05, 4.69) is 5.32 Å². The topological polar surface area (TPSA) is 120 Å². The molecule has 1 aliphatic rings. The number of carboxylic acids is 1. The van der Waals surface area contributed by atoms with Gasteiger partial charge in [0, 0.05) is 30.4 Å². The summed E-state index contributed by atoms with van der Waals surface area (Å²) in [6, 6.07) is 14.4. The van der Waals surface area contributed by atoms with E-state index in [4.69, 9.17) is 16.2 Å². The number of amidine groups is 1. The van der Waals surface area contributed by atoms with Crippen LogP contribution in [0.4, 0.5) is 5.69 Å². The fourth-order valence-electron chi connectivity index (χ4n) is 3.19. The lowest BCUT2D eigenvalue weighted by molar-refractivity contribution is -0.137. The van der Waals surface area contributed by atoms with Crippen LogP contribution in [0.5, 0.6) is 0 Å². The minimum Gasteiger partial charge on any atom is -0.481 e. The van der Waals surface area contributed by atoms with Crippen molar-refractivity contribution in [3.8, 4) is 0 Å². The molecule has 28 heavy (non-hydrogen) atoms. The van der Waals surface area contributed by atoms with Gasteiger partial charge in [-0.25, -0.2) is 0 Å². The van der Waals surface area contributed by atoms with Crippen LogP contribution in [0.1, 0.15) is 23.1 Å². The van der Waals surface area contributed by atoms with Gasteiger partial charge in [0.25, 0.3) is 5.91 Å². The standard InChI is InChI=1S/C21H22N4O3/c1-24-17-12-25(16-9-7-15(8-10-16)20(22)23)21(28)19(17)14-5-2-13(3-6-14)4-11-18(26)27/h2-3,5-10,24H,4,11-12H2,1H3,(H3,22,23)(H,26,27). The first kappa shape index (κ1) is 19.2. The minimum absolute atomic E-state index is 0.0167. The number of nitrogens with two attached hydrogens (primary N) is 1. The quantitative estimate of drug-likeness (QED) is 0.434. The number of benzene rings is 2. The van der Waals surface area contributed by atoms with Crippen LogP contribution < -0.4 is 16.0 Å². The molecule has 1 amide bonds. The maximum absolute atomic E-state index is 13.1. The molecule has 0 radical (unpaired) electrons. The summed E-state index contributed by atoms with van der Waals surface area (Å²) in [6.07, 6.45) is 0.531. The summed E-state index contributed by atoms with van der Waals surface area (Å²) < 4.78 is 0. The van der Waals surface area contributed by atoms with E-state index < -0.39 is 5.97 Å². The number of nitrogen functional groups attached to an aromatic ring is 1. The van der Waals surface area contributed by atoms with Crippen LogP contribution >= 0.6 is 0 Å². The van der Waals surface area contributed by atoms with Crippen LogP contribution in [0, 0.1) is 5.41 Å². The number of aryl methyl sites for hydroxylation is 1. The first-order valence-corrected chi connectivity index (χ1v) is 8.89. The fourth-order valence-corrected chi connectivity index (χ4v) is 3.19. The number of rotatable bonds is 7. The Kier molecular flexibility index (Phi) is 5.44. The fraction of sp³-hybridized carbons (Fsp3) is 0.190. The second-order valence-corrected chi connectivity index (χ2v) is 6.55. The van der Waals surface area contributed by atoms with Crippen molar-refractivity contribution in [2.45, 2.75) is 12.8 Å². The van der Waals surface area contributed by atoms with Crippen LogP contribution in [0.15, 0.2) is 54.2 Å². The number of nitrogens with zero attached hydrogens (tertiary/aromatic N) is 1. The Bertz CT molecular complexity index is 947. The van der Waals surface area contributed by atoms with E-state index in [-0.39, 0.29) is 18.2 Å². The number of carbonyl (C=O) groups excluding carboxylic acids is 1. The van der Waals surface area contributed by atoms with Gasteiger partial charge in [0.05, 0.1) is 12.1 Å². The molecule has 0 saturated carbocycles. The Morgan fingerprint density at radius 1 is 1.18 bits per heavy atom. The van der Waals surface area contributed by atoms with Gasteiger partial charge in [-0.05, 0) is 41.8 Å². The second kappa shape index (κ2) is 7.96. The highest BCUT2D eigenvalue weighted by Crippen LogP contribution is 2.31. The zero-order valence-corrected chi connectivity index (χ0v) is 15.5. The van der Waals surface area contributed by atoms with Gasteiger partial charge < -0.3 is 21.1 Å². The summed E-state index contributed by atoms with van der Waals surface area (Å²) in [4.78, 5) is 25.5. The van der Waals surface area contributed by atoms with E-state index in [1.165, 1.54) is 0 Å². The minimum atomic E-state index is -0.832. The highest BCUT2D eigenvalue weighted by molar-refractivity contribution is 6.29. The van der Waals surface area contributed by atoms with Crippen molar-refractivity contribution in [2.24, 2.45) is 5.73 Å². The molecule has 0 unspecified atom stereocenters. The largest absolute Gasteiger partial charge is 0.481 e. The van der Waals surface area contributed by atoms with Crippen molar-refractivity contribution in [3.05, 3.63) is 70.9 Å². The molecular formula is C21H22N4O3. The molecule has 1 heterocycles. The van der Waals surface area contributed by atoms with Gasteiger partial charge in [0.1, 0.15) is 5.84 Å². The lowest BCUT2D eigenvalue weighted by Gasteiger charge is -2.17. The summed E-state index contributed by atoms with van der Waals surface area (Å²) in [7, 11) is 1.78. The molecule has 1 aliphatic heterocycles. The monoisotopic (exact) mass is 378 g/mol. The van der Waals surface area contributed by atoms with Gasteiger partial charge in [0.2, 0.25) is 0 Å². The van der Waals surface area contributed by atoms with Crippen LogP contribution in [0.3, 0.4) is 0 Å². The average molecular weight is 378 g/mol. The van der Waals surface area contributed by atoms with Gasteiger partial charge in [-0.3, -0.25) is 15.0 Å². The number of anilines is 1. The van der Waals surface area contributed by atoms with Crippen molar-refractivity contribution in [1.82, 2.24) is 5.32 Å². The number of amides is 1. The van der Waals surface area contributed by atoms with E-state index in [9.17, 15) is 9.59 Å². The van der Waals surface area contributed by atoms with Gasteiger partial charge in [-0.1, -0.05) is 24.3 Å². The van der Waals surface area contributed by atoms with E-state index in [0.29, 0.717) is 24.1 Å². The molecule has 0 bridgehead atoms. The van der Waals surface area contributed by atoms with Crippen molar-refractivity contribution < 1.29 is 14.7 Å². The third-order valence-corrected chi connectivity index (χ3v) is 4.74. The first-order chi connectivity index (χ1) is 13.4. The molecule has 7 nitrogen and oxygen atoms in total. The van der Waals surface area contributed by atoms with Crippen LogP contribution in [-0.2, 0) is 16.0 Å². The van der Waals surface area contributed by atoms with E-state index in [0.717, 1.165) is 22.5 Å². The number of nitrogens with one attached hydrogen (secondary N) is 2. The molecule has 0 saturated heterocycles. The zero-order valence-electron chi connectivity index (χ0n) is 15.5. The summed E-state index contributed by atoms with van der Waals surface area (Å²) in [6.45, 7) is 0.421. The number of carboxylic acid groups (broad SMARTS) is 1. The predicted molar refractivity (Wildman–Crippen MR) is 108 cm³/mol. The predicted octanol–water partition coefficient (Wildman–Crippen LogP) is 1.97. The lowest BCUT2D eigenvalue weighted by Crippen LogP contribution is -2.27. The maximum atomic E-state index is 13.1. The third-order valence-electron chi connectivity index (χ3n) is 4.74. The Labute approximate surface area is 163 Å². The number of aliphatic carboxylic acids is 1. The summed E-state index contributed by atoms with van der Waals surface area (Å²) in [5.41, 5.74) is 9.95. The molecule has 3 rings (SSSR count). The van der Waals surface area contributed by atoms with E-state index in [1.54, 1.807) is 36.2 Å². The molecule has 2 aromatic rings. The lowest BCUT2D eigenvalue weighted by atomic mass is 10.0. The summed E-state index contributed by atoms with van der Waals surface area (Å²) >= 11 is 0. The molecule has 0 aromatic heterocycles. The molecular weight excluding hydrogens is 356 g/mol. The normalized spacial score (nSPS) is 13.8. The Balaban J connectivity index is 1.83. The van der Waals surface area contributed by atoms with Gasteiger partial charge in [-0.2, -0.15) is 0 Å². The van der Waals surface area contributed by atoms with Crippen LogP contribution in [0.25, 0.3) is 5.57 Å². The van der Waals surface area contributed by atoms with Crippen molar-refractivity contribution >= 4 is 29.0 Å². The second-order valence-electron chi connectivity index (χ2n) is 6.55. The Hall–Kier alpha value is -3.61. The van der Waals surface area contributed by atoms with Gasteiger partial charge >= 0.3 is 5.97 Å². The number of hydrogen-bond donors (Lipinski definition) is 4. The highest BCUT2D eigenvalue weighted by Gasteiger charge is 2.31. The average Bonchev–Trinajstić information content (AvgIpc) is 3.03. The smallest absolute Gasteiger partial charge is 0.303 e. The molecule has 5 N–H and O–H groups in total. The zero-order chi connectivity index (χ0) is 20.3. The number of likely N-dealkylation sites (N-methyl/N-ethyl adjacent to an activating group) is 1.